The SMILES string of the molecule is C=C/C=C\C(=N/C)C(N)=O. The Hall–Kier alpha value is -1.38. The third-order valence-electron chi connectivity index (χ3n) is 0.884. The lowest BCUT2D eigenvalue weighted by atomic mass is 10.3. The lowest BCUT2D eigenvalue weighted by molar-refractivity contribution is -0.111. The van der Waals surface area contributed by atoms with E-state index in [1.165, 1.54) is 13.1 Å². The minimum atomic E-state index is -0.527. The molecular weight excluding hydrogens is 128 g/mol. The van der Waals surface area contributed by atoms with E-state index in [1.54, 1.807) is 12.2 Å². The summed E-state index contributed by atoms with van der Waals surface area (Å²) in [6.45, 7) is 3.43. The van der Waals surface area contributed by atoms with Crippen molar-refractivity contribution in [2.75, 3.05) is 7.05 Å². The van der Waals surface area contributed by atoms with E-state index in [-0.39, 0.29) is 5.71 Å². The van der Waals surface area contributed by atoms with E-state index >= 15 is 0 Å². The third kappa shape index (κ3) is 2.81. The van der Waals surface area contributed by atoms with E-state index in [0.717, 1.165) is 0 Å². The maximum absolute atomic E-state index is 10.4. The first-order valence-corrected chi connectivity index (χ1v) is 2.78. The molecule has 0 saturated heterocycles. The first-order valence-electron chi connectivity index (χ1n) is 2.78. The van der Waals surface area contributed by atoms with Crippen molar-refractivity contribution in [3.63, 3.8) is 0 Å². The molecule has 0 aliphatic heterocycles. The molecule has 3 heteroatoms. The van der Waals surface area contributed by atoms with E-state index in [4.69, 9.17) is 5.73 Å². The van der Waals surface area contributed by atoms with Gasteiger partial charge in [0.2, 0.25) is 0 Å². The molecule has 0 bridgehead atoms. The standard InChI is InChI=1S/C7H10N2O/c1-3-4-5-6(9-2)7(8)10/h3-5H,1H2,2H3,(H2,8,10)/b5-4-,9-6+. The molecule has 0 radical (unpaired) electrons. The molecule has 2 N–H and O–H groups in total. The first-order chi connectivity index (χ1) is 4.72. The Morgan fingerprint density at radius 3 is 2.60 bits per heavy atom. The van der Waals surface area contributed by atoms with Crippen molar-refractivity contribution < 1.29 is 4.79 Å². The van der Waals surface area contributed by atoms with Gasteiger partial charge >= 0.3 is 0 Å². The van der Waals surface area contributed by atoms with Crippen molar-refractivity contribution >= 4 is 11.6 Å². The van der Waals surface area contributed by atoms with Crippen molar-refractivity contribution in [2.45, 2.75) is 0 Å². The lowest BCUT2D eigenvalue weighted by Gasteiger charge is -1.88. The van der Waals surface area contributed by atoms with Gasteiger partial charge in [-0.3, -0.25) is 9.79 Å². The number of nitrogens with two attached hydrogens (primary N) is 1. The summed E-state index contributed by atoms with van der Waals surface area (Å²) in [7, 11) is 1.51. The van der Waals surface area contributed by atoms with Crippen LogP contribution in [0.3, 0.4) is 0 Å². The monoisotopic (exact) mass is 138 g/mol. The van der Waals surface area contributed by atoms with E-state index < -0.39 is 5.91 Å². The second-order valence-electron chi connectivity index (χ2n) is 1.57. The summed E-state index contributed by atoms with van der Waals surface area (Å²) in [6.07, 6.45) is 4.66. The smallest absolute Gasteiger partial charge is 0.266 e. The molecule has 3 nitrogen and oxygen atoms in total. The minimum absolute atomic E-state index is 0.250. The maximum Gasteiger partial charge on any atom is 0.266 e. The molecule has 0 aromatic carbocycles. The summed E-state index contributed by atoms with van der Waals surface area (Å²) >= 11 is 0. The number of carbonyl (C=O) groups excluding carboxylic acids is 1. The number of carbonyl (C=O) groups is 1. The average Bonchev–Trinajstić information content (AvgIpc) is 1.89. The van der Waals surface area contributed by atoms with Crippen LogP contribution in [-0.4, -0.2) is 18.7 Å². The Kier molecular flexibility index (Phi) is 3.87. The molecule has 0 aliphatic rings. The van der Waals surface area contributed by atoms with Crippen molar-refractivity contribution in [1.82, 2.24) is 0 Å². The fraction of sp³-hybridized carbons (Fsp3) is 0.143. The quantitative estimate of drug-likeness (QED) is 0.442. The highest BCUT2D eigenvalue weighted by Gasteiger charge is 1.97. The summed E-state index contributed by atoms with van der Waals surface area (Å²) in [5.74, 6) is -0.527. The highest BCUT2D eigenvalue weighted by molar-refractivity contribution is 6.42. The molecular formula is C7H10N2O. The van der Waals surface area contributed by atoms with Gasteiger partial charge < -0.3 is 5.73 Å². The van der Waals surface area contributed by atoms with Crippen molar-refractivity contribution in [2.24, 2.45) is 10.7 Å². The fourth-order valence-corrected chi connectivity index (χ4v) is 0.426. The van der Waals surface area contributed by atoms with Gasteiger partial charge in [0.15, 0.2) is 0 Å². The molecule has 0 aromatic heterocycles. The molecule has 54 valence electrons. The predicted octanol–water partition coefficient (Wildman–Crippen LogP) is 0.285. The Labute approximate surface area is 59.9 Å². The maximum atomic E-state index is 10.4. The molecule has 0 saturated carbocycles. The molecule has 10 heavy (non-hydrogen) atoms. The number of amides is 1. The van der Waals surface area contributed by atoms with Gasteiger partial charge in [0.1, 0.15) is 5.71 Å². The molecule has 0 unspecified atom stereocenters. The number of hydrogen-bond donors (Lipinski definition) is 1. The average molecular weight is 138 g/mol. The summed E-state index contributed by atoms with van der Waals surface area (Å²) in [4.78, 5) is 14.1. The van der Waals surface area contributed by atoms with Gasteiger partial charge in [-0.25, -0.2) is 0 Å². The first kappa shape index (κ1) is 8.62. The number of primary amides is 1. The van der Waals surface area contributed by atoms with Crippen LogP contribution >= 0.6 is 0 Å². The summed E-state index contributed by atoms with van der Waals surface area (Å²) in [6, 6.07) is 0. The summed E-state index contributed by atoms with van der Waals surface area (Å²) in [5.41, 5.74) is 5.18. The van der Waals surface area contributed by atoms with Crippen LogP contribution < -0.4 is 5.73 Å². The van der Waals surface area contributed by atoms with Gasteiger partial charge in [-0.1, -0.05) is 18.7 Å². The molecule has 0 rings (SSSR count). The number of nitrogens with zero attached hydrogens (tertiary/aromatic N) is 1. The van der Waals surface area contributed by atoms with Gasteiger partial charge in [0.25, 0.3) is 5.91 Å². The van der Waals surface area contributed by atoms with Crippen LogP contribution in [0.4, 0.5) is 0 Å². The van der Waals surface area contributed by atoms with E-state index in [1.807, 2.05) is 0 Å². The van der Waals surface area contributed by atoms with Gasteiger partial charge in [0.05, 0.1) is 0 Å². The normalized spacial score (nSPS) is 11.9. The highest BCUT2D eigenvalue weighted by Crippen LogP contribution is 1.80. The largest absolute Gasteiger partial charge is 0.364 e. The van der Waals surface area contributed by atoms with Crippen LogP contribution in [-0.2, 0) is 4.79 Å². The lowest BCUT2D eigenvalue weighted by Crippen LogP contribution is -2.21. The zero-order valence-electron chi connectivity index (χ0n) is 5.87. The van der Waals surface area contributed by atoms with Crippen LogP contribution in [0.25, 0.3) is 0 Å². The van der Waals surface area contributed by atoms with Gasteiger partial charge in [-0.15, -0.1) is 0 Å². The second kappa shape index (κ2) is 4.49. The fourth-order valence-electron chi connectivity index (χ4n) is 0.426. The zero-order chi connectivity index (χ0) is 7.98. The van der Waals surface area contributed by atoms with Crippen LogP contribution in [0.5, 0.6) is 0 Å². The van der Waals surface area contributed by atoms with Crippen LogP contribution in [0, 0.1) is 0 Å². The molecule has 0 aliphatic carbocycles. The van der Waals surface area contributed by atoms with E-state index in [0.29, 0.717) is 0 Å². The zero-order valence-corrected chi connectivity index (χ0v) is 5.87. The minimum Gasteiger partial charge on any atom is -0.364 e. The van der Waals surface area contributed by atoms with Gasteiger partial charge in [0, 0.05) is 7.05 Å². The summed E-state index contributed by atoms with van der Waals surface area (Å²) < 4.78 is 0. The Morgan fingerprint density at radius 2 is 2.30 bits per heavy atom. The summed E-state index contributed by atoms with van der Waals surface area (Å²) in [5, 5.41) is 0. The van der Waals surface area contributed by atoms with Gasteiger partial charge in [-0.05, 0) is 6.08 Å². The molecule has 0 atom stereocenters. The Morgan fingerprint density at radius 1 is 1.70 bits per heavy atom. The molecule has 0 aromatic rings. The molecule has 0 fully saturated rings. The van der Waals surface area contributed by atoms with Crippen molar-refractivity contribution in [1.29, 1.82) is 0 Å². The van der Waals surface area contributed by atoms with Crippen LogP contribution in [0.15, 0.2) is 29.8 Å². The predicted molar refractivity (Wildman–Crippen MR) is 41.9 cm³/mol. The molecule has 0 spiro atoms. The van der Waals surface area contributed by atoms with Crippen LogP contribution in [0.2, 0.25) is 0 Å². The number of hydrogen-bond acceptors (Lipinski definition) is 2. The number of allylic oxidation sites excluding steroid dienone is 2. The molecule has 0 heterocycles. The second-order valence-corrected chi connectivity index (χ2v) is 1.57. The van der Waals surface area contributed by atoms with Crippen molar-refractivity contribution in [3.8, 4) is 0 Å². The number of rotatable bonds is 3. The topological polar surface area (TPSA) is 55.4 Å². The van der Waals surface area contributed by atoms with E-state index in [2.05, 4.69) is 11.6 Å². The van der Waals surface area contributed by atoms with Gasteiger partial charge in [-0.2, -0.15) is 0 Å². The highest BCUT2D eigenvalue weighted by atomic mass is 16.1. The van der Waals surface area contributed by atoms with Crippen molar-refractivity contribution in [3.05, 3.63) is 24.8 Å². The van der Waals surface area contributed by atoms with Crippen LogP contribution in [0.1, 0.15) is 0 Å². The Balaban J connectivity index is 4.25. The Bertz CT molecular complexity index is 192. The molecule has 1 amide bonds. The third-order valence-corrected chi connectivity index (χ3v) is 0.884. The number of aliphatic imine (C=N–C) groups is 1. The van der Waals surface area contributed by atoms with E-state index in [9.17, 15) is 4.79 Å².